The minimum absolute atomic E-state index is 0. The summed E-state index contributed by atoms with van der Waals surface area (Å²) >= 11 is 0. The number of nitrogens with zero attached hydrogens (tertiary/aromatic N) is 1. The van der Waals surface area contributed by atoms with E-state index in [1.54, 1.807) is 19.1 Å². The molecule has 1 aromatic carbocycles. The number of amides is 1. The maximum atomic E-state index is 12.0. The van der Waals surface area contributed by atoms with Gasteiger partial charge in [0, 0.05) is 6.54 Å². The lowest BCUT2D eigenvalue weighted by Crippen LogP contribution is -2.43. The minimum atomic E-state index is -0.856. The van der Waals surface area contributed by atoms with Crippen LogP contribution in [0.25, 0.3) is 0 Å². The van der Waals surface area contributed by atoms with E-state index < -0.39 is 12.0 Å². The molecule has 1 fully saturated rings. The van der Waals surface area contributed by atoms with Crippen molar-refractivity contribution in [2.24, 2.45) is 0 Å². The van der Waals surface area contributed by atoms with Crippen LogP contribution < -0.4 is 14.8 Å². The van der Waals surface area contributed by atoms with E-state index >= 15 is 0 Å². The molecule has 2 rings (SSSR count). The molecule has 1 saturated heterocycles. The summed E-state index contributed by atoms with van der Waals surface area (Å²) in [7, 11) is 3.17. The van der Waals surface area contributed by atoms with Crippen molar-refractivity contribution in [1.29, 1.82) is 0 Å². The highest BCUT2D eigenvalue weighted by atomic mass is 35.5. The molecule has 0 saturated carbocycles. The van der Waals surface area contributed by atoms with Crippen molar-refractivity contribution < 1.29 is 24.2 Å². The van der Waals surface area contributed by atoms with Crippen LogP contribution >= 0.6 is 12.4 Å². The predicted octanol–water partition coefficient (Wildman–Crippen LogP) is 1.33. The molecular weight excluding hydrogens is 348 g/mol. The zero-order valence-corrected chi connectivity index (χ0v) is 15.3. The summed E-state index contributed by atoms with van der Waals surface area (Å²) in [5.74, 6) is 0.316. The van der Waals surface area contributed by atoms with Crippen LogP contribution in [-0.2, 0) is 16.0 Å². The Balaban J connectivity index is 0.00000312. The first-order valence-electron chi connectivity index (χ1n) is 7.99. The van der Waals surface area contributed by atoms with Crippen molar-refractivity contribution in [3.63, 3.8) is 0 Å². The van der Waals surface area contributed by atoms with Crippen LogP contribution in [0.2, 0.25) is 0 Å². The molecule has 0 radical (unpaired) electrons. The first-order valence-corrected chi connectivity index (χ1v) is 7.99. The number of hydrogen-bond acceptors (Lipinski definition) is 5. The summed E-state index contributed by atoms with van der Waals surface area (Å²) in [6, 6.07) is 5.10. The zero-order valence-electron chi connectivity index (χ0n) is 14.5. The molecule has 7 nitrogen and oxygen atoms in total. The van der Waals surface area contributed by atoms with Gasteiger partial charge in [-0.25, -0.2) is 0 Å². The molecule has 1 atom stereocenters. The van der Waals surface area contributed by atoms with Gasteiger partial charge in [-0.1, -0.05) is 6.07 Å². The summed E-state index contributed by atoms with van der Waals surface area (Å²) in [6.45, 7) is 1.27. The standard InChI is InChI=1S/C17H24N2O5.ClH/c1-23-14-6-5-12(10-15(14)24-2)7-8-18-16(20)11-19-9-3-4-13(19)17(21)22;/h5-6,10,13H,3-4,7-9,11H2,1-2H3,(H,18,20)(H,21,22);1H/t13-;/m0./s1. The number of halogens is 1. The quantitative estimate of drug-likeness (QED) is 0.715. The number of carboxylic acids is 1. The molecule has 0 aromatic heterocycles. The second kappa shape index (κ2) is 10.1. The Morgan fingerprint density at radius 1 is 1.28 bits per heavy atom. The van der Waals surface area contributed by atoms with Gasteiger partial charge in [0.05, 0.1) is 20.8 Å². The van der Waals surface area contributed by atoms with Gasteiger partial charge in [-0.05, 0) is 43.5 Å². The fourth-order valence-corrected chi connectivity index (χ4v) is 2.92. The van der Waals surface area contributed by atoms with Gasteiger partial charge in [-0.2, -0.15) is 0 Å². The molecule has 0 bridgehead atoms. The van der Waals surface area contributed by atoms with Crippen LogP contribution in [0.3, 0.4) is 0 Å². The maximum Gasteiger partial charge on any atom is 0.320 e. The number of hydrogen-bond donors (Lipinski definition) is 2. The molecule has 8 heteroatoms. The molecule has 1 heterocycles. The molecule has 1 amide bonds. The minimum Gasteiger partial charge on any atom is -0.493 e. The van der Waals surface area contributed by atoms with Gasteiger partial charge in [-0.3, -0.25) is 14.5 Å². The number of carbonyl (C=O) groups excluding carboxylic acids is 1. The summed E-state index contributed by atoms with van der Waals surface area (Å²) in [5, 5.41) is 12.0. The van der Waals surface area contributed by atoms with E-state index in [1.807, 2.05) is 18.2 Å². The van der Waals surface area contributed by atoms with E-state index in [9.17, 15) is 9.59 Å². The monoisotopic (exact) mass is 372 g/mol. The Kier molecular flexibility index (Phi) is 8.51. The highest BCUT2D eigenvalue weighted by Crippen LogP contribution is 2.27. The summed E-state index contributed by atoms with van der Waals surface area (Å²) in [5.41, 5.74) is 1.03. The third-order valence-corrected chi connectivity index (χ3v) is 4.18. The van der Waals surface area contributed by atoms with Gasteiger partial charge >= 0.3 is 5.97 Å². The zero-order chi connectivity index (χ0) is 17.5. The van der Waals surface area contributed by atoms with E-state index in [4.69, 9.17) is 14.6 Å². The van der Waals surface area contributed by atoms with E-state index in [-0.39, 0.29) is 24.9 Å². The highest BCUT2D eigenvalue weighted by Gasteiger charge is 2.31. The second-order valence-corrected chi connectivity index (χ2v) is 5.76. The van der Waals surface area contributed by atoms with Crippen LogP contribution in [0.1, 0.15) is 18.4 Å². The van der Waals surface area contributed by atoms with Crippen molar-refractivity contribution in [3.05, 3.63) is 23.8 Å². The second-order valence-electron chi connectivity index (χ2n) is 5.76. The normalized spacial score (nSPS) is 16.8. The summed E-state index contributed by atoms with van der Waals surface area (Å²) in [4.78, 5) is 24.8. The lowest BCUT2D eigenvalue weighted by molar-refractivity contribution is -0.142. The largest absolute Gasteiger partial charge is 0.493 e. The van der Waals surface area contributed by atoms with Crippen LogP contribution in [0, 0.1) is 0 Å². The van der Waals surface area contributed by atoms with E-state index in [0.717, 1.165) is 12.0 Å². The number of methoxy groups -OCH3 is 2. The fraction of sp³-hybridized carbons (Fsp3) is 0.529. The lowest BCUT2D eigenvalue weighted by atomic mass is 10.1. The average Bonchev–Trinajstić information content (AvgIpc) is 3.03. The number of benzene rings is 1. The predicted molar refractivity (Wildman–Crippen MR) is 95.7 cm³/mol. The van der Waals surface area contributed by atoms with Crippen LogP contribution in [0.5, 0.6) is 11.5 Å². The van der Waals surface area contributed by atoms with E-state index in [1.165, 1.54) is 0 Å². The number of carbonyl (C=O) groups is 2. The van der Waals surface area contributed by atoms with Crippen LogP contribution in [-0.4, -0.2) is 61.8 Å². The van der Waals surface area contributed by atoms with Crippen molar-refractivity contribution >= 4 is 24.3 Å². The third-order valence-electron chi connectivity index (χ3n) is 4.18. The van der Waals surface area contributed by atoms with Crippen molar-refractivity contribution in [2.75, 3.05) is 33.9 Å². The third kappa shape index (κ3) is 5.79. The first-order chi connectivity index (χ1) is 11.5. The Labute approximate surface area is 153 Å². The Morgan fingerprint density at radius 3 is 2.64 bits per heavy atom. The number of likely N-dealkylation sites (tertiary alicyclic amines) is 1. The molecule has 0 spiro atoms. The van der Waals surface area contributed by atoms with E-state index in [2.05, 4.69) is 5.32 Å². The molecule has 0 aliphatic carbocycles. The molecule has 25 heavy (non-hydrogen) atoms. The number of aliphatic carboxylic acids is 1. The Morgan fingerprint density at radius 2 is 2.00 bits per heavy atom. The number of carboxylic acid groups (broad SMARTS) is 1. The number of nitrogens with one attached hydrogen (secondary N) is 1. The van der Waals surface area contributed by atoms with Gasteiger partial charge in [0.25, 0.3) is 0 Å². The Hall–Kier alpha value is -1.99. The Bertz CT molecular complexity index is 596. The average molecular weight is 373 g/mol. The molecular formula is C17H25ClN2O5. The maximum absolute atomic E-state index is 12.0. The van der Waals surface area contributed by atoms with Crippen LogP contribution in [0.15, 0.2) is 18.2 Å². The highest BCUT2D eigenvalue weighted by molar-refractivity contribution is 5.85. The molecule has 2 N–H and O–H groups in total. The smallest absolute Gasteiger partial charge is 0.320 e. The molecule has 1 aromatic rings. The fourth-order valence-electron chi connectivity index (χ4n) is 2.92. The van der Waals surface area contributed by atoms with Crippen molar-refractivity contribution in [1.82, 2.24) is 10.2 Å². The van der Waals surface area contributed by atoms with Gasteiger partial charge in [0.1, 0.15) is 6.04 Å². The van der Waals surface area contributed by atoms with Gasteiger partial charge in [-0.15, -0.1) is 12.4 Å². The molecule has 0 unspecified atom stereocenters. The number of rotatable bonds is 8. The SMILES string of the molecule is COc1ccc(CCNC(=O)CN2CCC[C@H]2C(=O)O)cc1OC.Cl. The van der Waals surface area contributed by atoms with Gasteiger partial charge in [0.2, 0.25) is 5.91 Å². The summed E-state index contributed by atoms with van der Waals surface area (Å²) in [6.07, 6.45) is 2.08. The van der Waals surface area contributed by atoms with Gasteiger partial charge < -0.3 is 19.9 Å². The lowest BCUT2D eigenvalue weighted by Gasteiger charge is -2.20. The van der Waals surface area contributed by atoms with E-state index in [0.29, 0.717) is 37.4 Å². The molecule has 1 aliphatic heterocycles. The van der Waals surface area contributed by atoms with Crippen molar-refractivity contribution in [3.8, 4) is 11.5 Å². The van der Waals surface area contributed by atoms with Crippen LogP contribution in [0.4, 0.5) is 0 Å². The van der Waals surface area contributed by atoms with Crippen molar-refractivity contribution in [2.45, 2.75) is 25.3 Å². The first kappa shape index (κ1) is 21.1. The van der Waals surface area contributed by atoms with Gasteiger partial charge in [0.15, 0.2) is 11.5 Å². The topological polar surface area (TPSA) is 88.1 Å². The molecule has 140 valence electrons. The summed E-state index contributed by atoms with van der Waals surface area (Å²) < 4.78 is 10.4. The molecule has 1 aliphatic rings. The number of ether oxygens (including phenoxy) is 2.